The van der Waals surface area contributed by atoms with Gasteiger partial charge in [-0.25, -0.2) is 17.8 Å². The Morgan fingerprint density at radius 3 is 2.54 bits per heavy atom. The summed E-state index contributed by atoms with van der Waals surface area (Å²) in [7, 11) is -3.95. The van der Waals surface area contributed by atoms with E-state index in [-0.39, 0.29) is 22.1 Å². The minimum atomic E-state index is -3.95. The van der Waals surface area contributed by atoms with Gasteiger partial charge in [0.2, 0.25) is 11.8 Å². The average Bonchev–Trinajstić information content (AvgIpc) is 2.97. The molecule has 1 aromatic rings. The Hall–Kier alpha value is -1.57. The zero-order valence-corrected chi connectivity index (χ0v) is 15.6. The Kier molecular flexibility index (Phi) is 3.64. The lowest BCUT2D eigenvalue weighted by Crippen LogP contribution is -2.48. The Morgan fingerprint density at radius 1 is 1.23 bits per heavy atom. The number of nitrogens with one attached hydrogen (secondary N) is 1. The SMILES string of the molecule is O=C(CC12CC3CC(CC(C3)C1)C2)NS(=O)(=O)c1cnn2c1OCCC2. The molecule has 6 rings (SSSR count). The van der Waals surface area contributed by atoms with Crippen molar-refractivity contribution in [2.45, 2.75) is 62.8 Å². The molecule has 0 atom stereocenters. The number of aryl methyl sites for hydroxylation is 1. The van der Waals surface area contributed by atoms with E-state index in [0.29, 0.717) is 19.6 Å². The minimum Gasteiger partial charge on any atom is -0.477 e. The molecule has 1 aromatic heterocycles. The number of sulfonamides is 1. The summed E-state index contributed by atoms with van der Waals surface area (Å²) < 4.78 is 34.7. The second kappa shape index (κ2) is 5.71. The normalized spacial score (nSPS) is 35.0. The van der Waals surface area contributed by atoms with E-state index < -0.39 is 10.0 Å². The third-order valence-electron chi connectivity index (χ3n) is 6.75. The second-order valence-corrected chi connectivity index (χ2v) is 10.5. The number of ether oxygens (including phenoxy) is 1. The summed E-state index contributed by atoms with van der Waals surface area (Å²) in [4.78, 5) is 12.6. The van der Waals surface area contributed by atoms with Crippen LogP contribution >= 0.6 is 0 Å². The highest BCUT2D eigenvalue weighted by molar-refractivity contribution is 7.90. The molecule has 1 aliphatic heterocycles. The Morgan fingerprint density at radius 2 is 1.88 bits per heavy atom. The number of fused-ring (bicyclic) bond motifs is 1. The molecule has 0 radical (unpaired) electrons. The molecule has 8 heteroatoms. The number of carbonyl (C=O) groups is 1. The first-order chi connectivity index (χ1) is 12.4. The first kappa shape index (κ1) is 16.6. The molecular weight excluding hydrogens is 354 g/mol. The van der Waals surface area contributed by atoms with Crippen molar-refractivity contribution in [2.24, 2.45) is 23.2 Å². The lowest BCUT2D eigenvalue weighted by atomic mass is 9.49. The third kappa shape index (κ3) is 2.73. The van der Waals surface area contributed by atoms with Crippen LogP contribution in [0.4, 0.5) is 0 Å². The van der Waals surface area contributed by atoms with Gasteiger partial charge in [-0.05, 0) is 61.7 Å². The monoisotopic (exact) mass is 379 g/mol. The molecule has 142 valence electrons. The van der Waals surface area contributed by atoms with Crippen LogP contribution in [0, 0.1) is 23.2 Å². The van der Waals surface area contributed by atoms with E-state index in [0.717, 1.165) is 43.4 Å². The van der Waals surface area contributed by atoms with Crippen LogP contribution in [0.5, 0.6) is 5.88 Å². The zero-order valence-electron chi connectivity index (χ0n) is 14.8. The molecule has 2 heterocycles. The predicted octanol–water partition coefficient (Wildman–Crippen LogP) is 2.08. The highest BCUT2D eigenvalue weighted by Crippen LogP contribution is 2.61. The first-order valence-corrected chi connectivity index (χ1v) is 11.2. The fourth-order valence-electron chi connectivity index (χ4n) is 6.32. The highest BCUT2D eigenvalue weighted by atomic mass is 32.2. The highest BCUT2D eigenvalue weighted by Gasteiger charge is 2.51. The van der Waals surface area contributed by atoms with Gasteiger partial charge in [0.15, 0.2) is 4.90 Å². The van der Waals surface area contributed by atoms with Gasteiger partial charge in [0, 0.05) is 19.4 Å². The molecule has 26 heavy (non-hydrogen) atoms. The maximum atomic E-state index is 12.7. The summed E-state index contributed by atoms with van der Waals surface area (Å²) in [6.07, 6.45) is 9.56. The molecule has 4 fully saturated rings. The standard InChI is InChI=1S/C18H25N3O4S/c22-16(10-18-7-12-4-13(8-18)6-14(5-12)9-18)20-26(23,24)15-11-19-21-2-1-3-25-17(15)21/h11-14H,1-10H2,(H,20,22). The van der Waals surface area contributed by atoms with Gasteiger partial charge in [0.1, 0.15) is 0 Å². The Balaban J connectivity index is 1.32. The van der Waals surface area contributed by atoms with Gasteiger partial charge in [0.05, 0.1) is 12.8 Å². The maximum absolute atomic E-state index is 12.7. The number of amides is 1. The van der Waals surface area contributed by atoms with Gasteiger partial charge < -0.3 is 4.74 Å². The van der Waals surface area contributed by atoms with Crippen molar-refractivity contribution in [3.8, 4) is 5.88 Å². The summed E-state index contributed by atoms with van der Waals surface area (Å²) in [6.45, 7) is 1.10. The van der Waals surface area contributed by atoms with Gasteiger partial charge >= 0.3 is 0 Å². The van der Waals surface area contributed by atoms with Crippen LogP contribution in [0.1, 0.15) is 51.4 Å². The fourth-order valence-corrected chi connectivity index (χ4v) is 7.38. The van der Waals surface area contributed by atoms with E-state index in [9.17, 15) is 13.2 Å². The second-order valence-electron chi connectivity index (χ2n) is 8.86. The lowest BCUT2D eigenvalue weighted by molar-refractivity contribution is -0.127. The summed E-state index contributed by atoms with van der Waals surface area (Å²) >= 11 is 0. The van der Waals surface area contributed by atoms with E-state index >= 15 is 0 Å². The van der Waals surface area contributed by atoms with Crippen LogP contribution in [-0.2, 0) is 21.4 Å². The van der Waals surface area contributed by atoms with Gasteiger partial charge in [-0.1, -0.05) is 0 Å². The number of nitrogens with zero attached hydrogens (tertiary/aromatic N) is 2. The fraction of sp³-hybridized carbons (Fsp3) is 0.778. The summed E-state index contributed by atoms with van der Waals surface area (Å²) in [6, 6.07) is 0. The van der Waals surface area contributed by atoms with Crippen molar-refractivity contribution in [2.75, 3.05) is 6.61 Å². The molecule has 0 aromatic carbocycles. The van der Waals surface area contributed by atoms with Gasteiger partial charge in [-0.3, -0.25) is 4.79 Å². The average molecular weight is 379 g/mol. The number of rotatable bonds is 4. The van der Waals surface area contributed by atoms with Gasteiger partial charge in [-0.2, -0.15) is 5.10 Å². The van der Waals surface area contributed by atoms with Crippen molar-refractivity contribution in [1.29, 1.82) is 0 Å². The molecule has 7 nitrogen and oxygen atoms in total. The van der Waals surface area contributed by atoms with Crippen molar-refractivity contribution in [3.63, 3.8) is 0 Å². The predicted molar refractivity (Wildman–Crippen MR) is 92.9 cm³/mol. The van der Waals surface area contributed by atoms with E-state index in [1.54, 1.807) is 4.68 Å². The van der Waals surface area contributed by atoms with E-state index in [2.05, 4.69) is 9.82 Å². The van der Waals surface area contributed by atoms with Crippen LogP contribution in [0.2, 0.25) is 0 Å². The zero-order chi connectivity index (χ0) is 17.9. The summed E-state index contributed by atoms with van der Waals surface area (Å²) in [5.74, 6) is 2.07. The van der Waals surface area contributed by atoms with Crippen molar-refractivity contribution in [3.05, 3.63) is 6.20 Å². The van der Waals surface area contributed by atoms with Crippen LogP contribution in [0.15, 0.2) is 11.1 Å². The largest absolute Gasteiger partial charge is 0.477 e. The van der Waals surface area contributed by atoms with Crippen LogP contribution < -0.4 is 9.46 Å². The molecule has 0 saturated heterocycles. The topological polar surface area (TPSA) is 90.3 Å². The number of aromatic nitrogens is 2. The quantitative estimate of drug-likeness (QED) is 0.865. The van der Waals surface area contributed by atoms with Gasteiger partial charge in [0.25, 0.3) is 10.0 Å². The van der Waals surface area contributed by atoms with E-state index in [1.165, 1.54) is 25.5 Å². The minimum absolute atomic E-state index is 0.0172. The third-order valence-corrected chi connectivity index (χ3v) is 8.11. The van der Waals surface area contributed by atoms with Crippen molar-refractivity contribution < 1.29 is 17.9 Å². The molecule has 4 bridgehead atoms. The molecule has 4 saturated carbocycles. The van der Waals surface area contributed by atoms with E-state index in [1.807, 2.05) is 0 Å². The molecule has 0 spiro atoms. The number of hydrogen-bond donors (Lipinski definition) is 1. The van der Waals surface area contributed by atoms with Crippen molar-refractivity contribution >= 4 is 15.9 Å². The smallest absolute Gasteiger partial charge is 0.271 e. The van der Waals surface area contributed by atoms with Crippen LogP contribution in [0.25, 0.3) is 0 Å². The molecule has 1 amide bonds. The first-order valence-electron chi connectivity index (χ1n) is 9.67. The van der Waals surface area contributed by atoms with Crippen LogP contribution in [-0.4, -0.2) is 30.7 Å². The Labute approximate surface area is 153 Å². The number of carbonyl (C=O) groups excluding carboxylic acids is 1. The number of hydrogen-bond acceptors (Lipinski definition) is 5. The Bertz CT molecular complexity index is 809. The lowest BCUT2D eigenvalue weighted by Gasteiger charge is -2.56. The molecule has 5 aliphatic rings. The molecular formula is C18H25N3O4S. The maximum Gasteiger partial charge on any atom is 0.271 e. The molecule has 4 aliphatic carbocycles. The van der Waals surface area contributed by atoms with Crippen LogP contribution in [0.3, 0.4) is 0 Å². The van der Waals surface area contributed by atoms with E-state index in [4.69, 9.17) is 4.74 Å². The van der Waals surface area contributed by atoms with Gasteiger partial charge in [-0.15, -0.1) is 0 Å². The van der Waals surface area contributed by atoms with Crippen molar-refractivity contribution in [1.82, 2.24) is 14.5 Å². The molecule has 1 N–H and O–H groups in total. The summed E-state index contributed by atoms with van der Waals surface area (Å²) in [5.41, 5.74) is 0.0172. The summed E-state index contributed by atoms with van der Waals surface area (Å²) in [5, 5.41) is 4.07. The molecule has 0 unspecified atom stereocenters.